The molecule has 0 radical (unpaired) electrons. The van der Waals surface area contributed by atoms with Crippen LogP contribution in [0.3, 0.4) is 0 Å². The van der Waals surface area contributed by atoms with E-state index >= 15 is 0 Å². The van der Waals surface area contributed by atoms with E-state index in [1.807, 2.05) is 18.2 Å². The maximum atomic E-state index is 5.91. The summed E-state index contributed by atoms with van der Waals surface area (Å²) in [5, 5.41) is 1.24. The summed E-state index contributed by atoms with van der Waals surface area (Å²) >= 11 is 11.7. The summed E-state index contributed by atoms with van der Waals surface area (Å²) in [6.45, 7) is 2.89. The second kappa shape index (κ2) is 5.59. The lowest BCUT2D eigenvalue weighted by Crippen LogP contribution is -2.11. The molecule has 0 aromatic heterocycles. The van der Waals surface area contributed by atoms with E-state index in [4.69, 9.17) is 28.9 Å². The van der Waals surface area contributed by atoms with Gasteiger partial charge in [0.15, 0.2) is 0 Å². The lowest BCUT2D eigenvalue weighted by atomic mass is 10.0. The van der Waals surface area contributed by atoms with Crippen molar-refractivity contribution in [3.05, 3.63) is 33.8 Å². The van der Waals surface area contributed by atoms with Crippen LogP contribution in [0.2, 0.25) is 10.0 Å². The molecule has 1 unspecified atom stereocenters. The van der Waals surface area contributed by atoms with E-state index in [9.17, 15) is 0 Å². The van der Waals surface area contributed by atoms with Crippen LogP contribution >= 0.6 is 23.2 Å². The molecule has 0 aliphatic heterocycles. The lowest BCUT2D eigenvalue weighted by molar-refractivity contribution is 0.545. The van der Waals surface area contributed by atoms with E-state index in [2.05, 4.69) is 6.92 Å². The molecule has 14 heavy (non-hydrogen) atoms. The molecule has 3 heteroatoms. The van der Waals surface area contributed by atoms with Crippen LogP contribution in [0.1, 0.15) is 18.9 Å². The van der Waals surface area contributed by atoms with Gasteiger partial charge in [-0.25, -0.2) is 0 Å². The molecule has 0 aliphatic rings. The monoisotopic (exact) mass is 231 g/mol. The molecule has 1 rings (SSSR count). The van der Waals surface area contributed by atoms with Gasteiger partial charge in [0.1, 0.15) is 0 Å². The SMILES string of the molecule is CC(CN)CCc1ccc(Cl)c(Cl)c1. The highest BCUT2D eigenvalue weighted by Gasteiger charge is 2.02. The van der Waals surface area contributed by atoms with E-state index in [1.165, 1.54) is 5.56 Å². The van der Waals surface area contributed by atoms with Gasteiger partial charge in [0.2, 0.25) is 0 Å². The van der Waals surface area contributed by atoms with Gasteiger partial charge in [0, 0.05) is 0 Å². The van der Waals surface area contributed by atoms with E-state index in [1.54, 1.807) is 0 Å². The van der Waals surface area contributed by atoms with Crippen LogP contribution in [0.5, 0.6) is 0 Å². The topological polar surface area (TPSA) is 26.0 Å². The molecule has 1 aromatic carbocycles. The van der Waals surface area contributed by atoms with Crippen LogP contribution in [0.15, 0.2) is 18.2 Å². The summed E-state index contributed by atoms with van der Waals surface area (Å²) < 4.78 is 0. The number of rotatable bonds is 4. The lowest BCUT2D eigenvalue weighted by Gasteiger charge is -2.08. The van der Waals surface area contributed by atoms with Gasteiger partial charge in [0.05, 0.1) is 10.0 Å². The Balaban J connectivity index is 2.55. The minimum absolute atomic E-state index is 0.560. The Kier molecular flexibility index (Phi) is 4.73. The Hall–Kier alpha value is -0.240. The molecule has 0 bridgehead atoms. The molecule has 0 aliphatic carbocycles. The van der Waals surface area contributed by atoms with Crippen molar-refractivity contribution in [2.75, 3.05) is 6.54 Å². The number of nitrogens with two attached hydrogens (primary N) is 1. The van der Waals surface area contributed by atoms with Crippen molar-refractivity contribution in [2.24, 2.45) is 11.7 Å². The quantitative estimate of drug-likeness (QED) is 0.844. The van der Waals surface area contributed by atoms with Crippen molar-refractivity contribution < 1.29 is 0 Å². The van der Waals surface area contributed by atoms with Crippen LogP contribution < -0.4 is 5.73 Å². The maximum Gasteiger partial charge on any atom is 0.0595 e. The van der Waals surface area contributed by atoms with E-state index < -0.39 is 0 Å². The minimum atomic E-state index is 0.560. The molecule has 0 heterocycles. The molecule has 0 amide bonds. The van der Waals surface area contributed by atoms with Crippen molar-refractivity contribution >= 4 is 23.2 Å². The molecule has 1 nitrogen and oxygen atoms in total. The van der Waals surface area contributed by atoms with Crippen LogP contribution in [0.25, 0.3) is 0 Å². The zero-order valence-electron chi connectivity index (χ0n) is 8.26. The van der Waals surface area contributed by atoms with E-state index in [0.717, 1.165) is 19.4 Å². The summed E-state index contributed by atoms with van der Waals surface area (Å²) in [7, 11) is 0. The molecule has 0 fully saturated rings. The summed E-state index contributed by atoms with van der Waals surface area (Å²) in [5.41, 5.74) is 6.76. The van der Waals surface area contributed by atoms with Crippen LogP contribution in [-0.4, -0.2) is 6.54 Å². The predicted octanol–water partition coefficient (Wildman–Crippen LogP) is 3.52. The molecule has 0 saturated carbocycles. The van der Waals surface area contributed by atoms with Crippen molar-refractivity contribution in [2.45, 2.75) is 19.8 Å². The summed E-state index contributed by atoms with van der Waals surface area (Å²) in [6, 6.07) is 5.77. The zero-order chi connectivity index (χ0) is 10.6. The second-order valence-corrected chi connectivity index (χ2v) is 4.44. The van der Waals surface area contributed by atoms with Crippen molar-refractivity contribution in [1.29, 1.82) is 0 Å². The van der Waals surface area contributed by atoms with Crippen molar-refractivity contribution in [3.8, 4) is 0 Å². The first-order valence-electron chi connectivity index (χ1n) is 4.77. The van der Waals surface area contributed by atoms with E-state index in [0.29, 0.717) is 16.0 Å². The number of halogens is 2. The average molecular weight is 232 g/mol. The van der Waals surface area contributed by atoms with Gasteiger partial charge in [-0.3, -0.25) is 0 Å². The molecular weight excluding hydrogens is 217 g/mol. The van der Waals surface area contributed by atoms with Crippen LogP contribution in [0.4, 0.5) is 0 Å². The van der Waals surface area contributed by atoms with Crippen molar-refractivity contribution in [3.63, 3.8) is 0 Å². The van der Waals surface area contributed by atoms with Gasteiger partial charge in [-0.05, 0) is 43.0 Å². The molecule has 0 saturated heterocycles. The Morgan fingerprint density at radius 3 is 2.57 bits per heavy atom. The number of benzene rings is 1. The van der Waals surface area contributed by atoms with Crippen LogP contribution in [-0.2, 0) is 6.42 Å². The minimum Gasteiger partial charge on any atom is -0.330 e. The summed E-state index contributed by atoms with van der Waals surface area (Å²) in [4.78, 5) is 0. The first-order chi connectivity index (χ1) is 6.63. The van der Waals surface area contributed by atoms with Crippen molar-refractivity contribution in [1.82, 2.24) is 0 Å². The molecule has 78 valence electrons. The third-order valence-electron chi connectivity index (χ3n) is 2.31. The highest BCUT2D eigenvalue weighted by molar-refractivity contribution is 6.42. The molecule has 0 spiro atoms. The molecule has 1 atom stereocenters. The van der Waals surface area contributed by atoms with Gasteiger partial charge in [-0.2, -0.15) is 0 Å². The Labute approximate surface area is 95.2 Å². The van der Waals surface area contributed by atoms with Crippen LogP contribution in [0, 0.1) is 5.92 Å². The Morgan fingerprint density at radius 1 is 1.29 bits per heavy atom. The van der Waals surface area contributed by atoms with Gasteiger partial charge in [-0.1, -0.05) is 36.2 Å². The van der Waals surface area contributed by atoms with Gasteiger partial charge >= 0.3 is 0 Å². The standard InChI is InChI=1S/C11H15Cl2N/c1-8(7-14)2-3-9-4-5-10(12)11(13)6-9/h4-6,8H,2-3,7,14H2,1H3. The highest BCUT2D eigenvalue weighted by atomic mass is 35.5. The van der Waals surface area contributed by atoms with Gasteiger partial charge < -0.3 is 5.73 Å². The average Bonchev–Trinajstić information content (AvgIpc) is 2.19. The van der Waals surface area contributed by atoms with E-state index in [-0.39, 0.29) is 0 Å². The Bertz CT molecular complexity index is 299. The molecular formula is C11H15Cl2N. The first kappa shape index (κ1) is 11.8. The third-order valence-corrected chi connectivity index (χ3v) is 3.05. The molecule has 2 N–H and O–H groups in total. The fraction of sp³-hybridized carbons (Fsp3) is 0.455. The normalized spacial score (nSPS) is 12.9. The predicted molar refractivity (Wildman–Crippen MR) is 63.0 cm³/mol. The fourth-order valence-corrected chi connectivity index (χ4v) is 1.55. The smallest absolute Gasteiger partial charge is 0.0595 e. The van der Waals surface area contributed by atoms with Gasteiger partial charge in [-0.15, -0.1) is 0 Å². The third kappa shape index (κ3) is 3.49. The number of hydrogen-bond donors (Lipinski definition) is 1. The number of aryl methyl sites for hydroxylation is 1. The summed E-state index contributed by atoms with van der Waals surface area (Å²) in [6.07, 6.45) is 2.10. The first-order valence-corrected chi connectivity index (χ1v) is 5.53. The highest BCUT2D eigenvalue weighted by Crippen LogP contribution is 2.23. The molecule has 1 aromatic rings. The largest absolute Gasteiger partial charge is 0.330 e. The second-order valence-electron chi connectivity index (χ2n) is 3.63. The zero-order valence-corrected chi connectivity index (χ0v) is 9.78. The summed E-state index contributed by atoms with van der Waals surface area (Å²) in [5.74, 6) is 0.560. The fourth-order valence-electron chi connectivity index (χ4n) is 1.23. The maximum absolute atomic E-state index is 5.91. The number of hydrogen-bond acceptors (Lipinski definition) is 1. The Morgan fingerprint density at radius 2 is 2.00 bits per heavy atom. The van der Waals surface area contributed by atoms with Gasteiger partial charge in [0.25, 0.3) is 0 Å².